The molecule has 0 bridgehead atoms. The number of nitrogens with one attached hydrogen (secondary N) is 1. The van der Waals surface area contributed by atoms with Gasteiger partial charge in [0.15, 0.2) is 0 Å². The van der Waals surface area contributed by atoms with Crippen molar-refractivity contribution in [2.45, 2.75) is 4.90 Å². The van der Waals surface area contributed by atoms with Crippen LogP contribution >= 0.6 is 23.2 Å². The predicted octanol–water partition coefficient (Wildman–Crippen LogP) is 2.38. The second-order valence-corrected chi connectivity index (χ2v) is 5.84. The van der Waals surface area contributed by atoms with Gasteiger partial charge in [0, 0.05) is 22.7 Å². The zero-order valence-electron chi connectivity index (χ0n) is 9.04. The Hall–Kier alpha value is -0.750. The van der Waals surface area contributed by atoms with Crippen molar-refractivity contribution in [3.05, 3.63) is 34.8 Å². The summed E-state index contributed by atoms with van der Waals surface area (Å²) in [5.74, 6) is 0.171. The Morgan fingerprint density at radius 3 is 2.71 bits per heavy atom. The lowest BCUT2D eigenvalue weighted by molar-refractivity contribution is 0.402. The molecule has 0 saturated heterocycles. The lowest BCUT2D eigenvalue weighted by atomic mass is 10.3. The minimum Gasteiger partial charge on any atom is -0.495 e. The maximum Gasteiger partial charge on any atom is 0.244 e. The first-order valence-electron chi connectivity index (χ1n) is 4.53. The van der Waals surface area contributed by atoms with Crippen LogP contribution in [0.25, 0.3) is 0 Å². The smallest absolute Gasteiger partial charge is 0.244 e. The average Bonchev–Trinajstić information content (AvgIpc) is 2.26. The summed E-state index contributed by atoms with van der Waals surface area (Å²) in [5, 5.41) is 0.587. The summed E-state index contributed by atoms with van der Waals surface area (Å²) in [6.45, 7) is 3.35. The zero-order chi connectivity index (χ0) is 13.1. The standard InChI is InChI=1S/C10H11Cl2NO3S/c1-7(11)6-13-17(14,15)10-4-3-8(12)5-9(10)16-2/h3-5,13H,1,6H2,2H3. The Morgan fingerprint density at radius 2 is 2.18 bits per heavy atom. The molecule has 7 heteroatoms. The van der Waals surface area contributed by atoms with Crippen LogP contribution < -0.4 is 9.46 Å². The van der Waals surface area contributed by atoms with Crippen molar-refractivity contribution >= 4 is 33.2 Å². The summed E-state index contributed by atoms with van der Waals surface area (Å²) in [7, 11) is -2.33. The van der Waals surface area contributed by atoms with Gasteiger partial charge in [0.05, 0.1) is 7.11 Å². The van der Waals surface area contributed by atoms with Gasteiger partial charge in [-0.2, -0.15) is 0 Å². The van der Waals surface area contributed by atoms with E-state index in [2.05, 4.69) is 11.3 Å². The molecule has 0 fully saturated rings. The molecule has 94 valence electrons. The highest BCUT2D eigenvalue weighted by atomic mass is 35.5. The maximum atomic E-state index is 11.9. The van der Waals surface area contributed by atoms with Crippen molar-refractivity contribution in [3.63, 3.8) is 0 Å². The van der Waals surface area contributed by atoms with E-state index in [9.17, 15) is 8.42 Å². The van der Waals surface area contributed by atoms with E-state index in [4.69, 9.17) is 27.9 Å². The third kappa shape index (κ3) is 3.89. The Labute approximate surface area is 110 Å². The number of rotatable bonds is 5. The van der Waals surface area contributed by atoms with Crippen LogP contribution in [-0.2, 0) is 10.0 Å². The monoisotopic (exact) mass is 295 g/mol. The molecule has 0 spiro atoms. The highest BCUT2D eigenvalue weighted by Crippen LogP contribution is 2.26. The predicted molar refractivity (Wildman–Crippen MR) is 68.2 cm³/mol. The molecular weight excluding hydrogens is 285 g/mol. The van der Waals surface area contributed by atoms with Crippen LogP contribution in [-0.4, -0.2) is 22.1 Å². The fourth-order valence-corrected chi connectivity index (χ4v) is 2.60. The number of hydrogen-bond acceptors (Lipinski definition) is 3. The van der Waals surface area contributed by atoms with Crippen LogP contribution in [0.5, 0.6) is 5.75 Å². The van der Waals surface area contributed by atoms with Crippen LogP contribution in [0.2, 0.25) is 5.02 Å². The SMILES string of the molecule is C=C(Cl)CNS(=O)(=O)c1ccc(Cl)cc1OC. The quantitative estimate of drug-likeness (QED) is 0.907. The molecule has 0 aliphatic rings. The Bertz CT molecular complexity index is 528. The Kier molecular flexibility index (Phi) is 4.82. The first-order chi connectivity index (χ1) is 7.86. The van der Waals surface area contributed by atoms with E-state index >= 15 is 0 Å². The summed E-state index contributed by atoms with van der Waals surface area (Å²) < 4.78 is 31.0. The van der Waals surface area contributed by atoms with E-state index in [0.717, 1.165) is 0 Å². The Morgan fingerprint density at radius 1 is 1.53 bits per heavy atom. The molecule has 0 atom stereocenters. The highest BCUT2D eigenvalue weighted by Gasteiger charge is 2.19. The molecule has 0 unspecified atom stereocenters. The topological polar surface area (TPSA) is 55.4 Å². The molecule has 1 N–H and O–H groups in total. The third-order valence-corrected chi connectivity index (χ3v) is 3.68. The van der Waals surface area contributed by atoms with Crippen molar-refractivity contribution in [3.8, 4) is 5.75 Å². The molecule has 1 rings (SSSR count). The van der Waals surface area contributed by atoms with Crippen LogP contribution in [0.4, 0.5) is 0 Å². The number of methoxy groups -OCH3 is 1. The van der Waals surface area contributed by atoms with Gasteiger partial charge in [-0.25, -0.2) is 13.1 Å². The molecule has 0 aromatic heterocycles. The summed E-state index contributed by atoms with van der Waals surface area (Å²) >= 11 is 11.2. The van der Waals surface area contributed by atoms with Crippen LogP contribution in [0.1, 0.15) is 0 Å². The third-order valence-electron chi connectivity index (χ3n) is 1.87. The molecule has 0 amide bonds. The summed E-state index contributed by atoms with van der Waals surface area (Å²) in [6, 6.07) is 4.25. The molecule has 0 aliphatic heterocycles. The van der Waals surface area contributed by atoms with Crippen molar-refractivity contribution in [1.29, 1.82) is 0 Å². The van der Waals surface area contributed by atoms with Gasteiger partial charge in [-0.15, -0.1) is 0 Å². The number of hydrogen-bond donors (Lipinski definition) is 1. The maximum absolute atomic E-state index is 11.9. The van der Waals surface area contributed by atoms with E-state index < -0.39 is 10.0 Å². The summed E-state index contributed by atoms with van der Waals surface area (Å²) in [6.07, 6.45) is 0. The first kappa shape index (κ1) is 14.3. The van der Waals surface area contributed by atoms with Gasteiger partial charge >= 0.3 is 0 Å². The summed E-state index contributed by atoms with van der Waals surface area (Å²) in [5.41, 5.74) is 0. The number of halogens is 2. The lowest BCUT2D eigenvalue weighted by Crippen LogP contribution is -2.25. The van der Waals surface area contributed by atoms with E-state index in [1.165, 1.54) is 25.3 Å². The van der Waals surface area contributed by atoms with Gasteiger partial charge in [0.25, 0.3) is 0 Å². The first-order valence-corrected chi connectivity index (χ1v) is 6.77. The average molecular weight is 296 g/mol. The molecule has 0 heterocycles. The van der Waals surface area contributed by atoms with Gasteiger partial charge in [-0.3, -0.25) is 0 Å². The summed E-state index contributed by atoms with van der Waals surface area (Å²) in [4.78, 5) is 0.00215. The van der Waals surface area contributed by atoms with Crippen molar-refractivity contribution in [2.24, 2.45) is 0 Å². The molecular formula is C10H11Cl2NO3S. The molecule has 1 aromatic carbocycles. The Balaban J connectivity index is 3.10. The number of benzene rings is 1. The van der Waals surface area contributed by atoms with Gasteiger partial charge in [0.2, 0.25) is 10.0 Å². The van der Waals surface area contributed by atoms with Gasteiger partial charge < -0.3 is 4.74 Å². The molecule has 1 aromatic rings. The van der Waals surface area contributed by atoms with Crippen molar-refractivity contribution in [2.75, 3.05) is 13.7 Å². The van der Waals surface area contributed by atoms with Crippen LogP contribution in [0, 0.1) is 0 Å². The lowest BCUT2D eigenvalue weighted by Gasteiger charge is -2.10. The largest absolute Gasteiger partial charge is 0.495 e. The second-order valence-electron chi connectivity index (χ2n) is 3.14. The van der Waals surface area contributed by atoms with Crippen molar-refractivity contribution < 1.29 is 13.2 Å². The molecule has 0 radical (unpaired) electrons. The second kappa shape index (κ2) is 5.73. The van der Waals surface area contributed by atoms with E-state index in [1.54, 1.807) is 0 Å². The molecule has 17 heavy (non-hydrogen) atoms. The minimum atomic E-state index is -3.69. The highest BCUT2D eigenvalue weighted by molar-refractivity contribution is 7.89. The van der Waals surface area contributed by atoms with Crippen LogP contribution in [0.15, 0.2) is 34.7 Å². The van der Waals surface area contributed by atoms with Gasteiger partial charge in [-0.05, 0) is 12.1 Å². The fourth-order valence-electron chi connectivity index (χ4n) is 1.11. The molecule has 4 nitrogen and oxygen atoms in total. The number of ether oxygens (including phenoxy) is 1. The van der Waals surface area contributed by atoms with E-state index in [-0.39, 0.29) is 22.2 Å². The molecule has 0 saturated carbocycles. The van der Waals surface area contributed by atoms with E-state index in [0.29, 0.717) is 5.02 Å². The van der Waals surface area contributed by atoms with Crippen LogP contribution in [0.3, 0.4) is 0 Å². The fraction of sp³-hybridized carbons (Fsp3) is 0.200. The van der Waals surface area contributed by atoms with E-state index in [1.807, 2.05) is 0 Å². The minimum absolute atomic E-state index is 0.00215. The van der Waals surface area contributed by atoms with Crippen molar-refractivity contribution in [1.82, 2.24) is 4.72 Å². The van der Waals surface area contributed by atoms with Gasteiger partial charge in [0.1, 0.15) is 10.6 Å². The normalized spacial score (nSPS) is 11.2. The molecule has 0 aliphatic carbocycles. The van der Waals surface area contributed by atoms with Gasteiger partial charge in [-0.1, -0.05) is 29.8 Å². The number of sulfonamides is 1. The zero-order valence-corrected chi connectivity index (χ0v) is 11.4.